The molecule has 0 spiro atoms. The van der Waals surface area contributed by atoms with Crippen molar-refractivity contribution in [2.24, 2.45) is 4.99 Å². The number of benzene rings is 2. The summed E-state index contributed by atoms with van der Waals surface area (Å²) in [7, 11) is 3.06. The van der Waals surface area contributed by atoms with Crippen LogP contribution in [0.4, 0.5) is 11.4 Å². The predicted octanol–water partition coefficient (Wildman–Crippen LogP) is 2.92. The number of nitro groups is 2. The van der Waals surface area contributed by atoms with Crippen molar-refractivity contribution >= 4 is 38.8 Å². The molecule has 30 heavy (non-hydrogen) atoms. The molecular formula is C18H16N4O7S. The summed E-state index contributed by atoms with van der Waals surface area (Å²) in [4.78, 5) is 37.7. The molecule has 2 aromatic carbocycles. The first kappa shape index (κ1) is 21.1. The Morgan fingerprint density at radius 2 is 1.80 bits per heavy atom. The second-order valence-corrected chi connectivity index (χ2v) is 7.01. The van der Waals surface area contributed by atoms with Gasteiger partial charge in [-0.05, 0) is 12.1 Å². The number of aromatic nitrogens is 1. The quantitative estimate of drug-likeness (QED) is 0.413. The number of hydrogen-bond donors (Lipinski definition) is 0. The number of hydrogen-bond acceptors (Lipinski definition) is 8. The number of nitro benzene ring substituents is 2. The fourth-order valence-electron chi connectivity index (χ4n) is 2.82. The normalized spacial score (nSPS) is 11.6. The third-order valence-corrected chi connectivity index (χ3v) is 5.21. The van der Waals surface area contributed by atoms with Crippen LogP contribution in [0.25, 0.3) is 10.2 Å². The van der Waals surface area contributed by atoms with Gasteiger partial charge in [0.1, 0.15) is 11.3 Å². The Bertz CT molecular complexity index is 1180. The Morgan fingerprint density at radius 3 is 2.37 bits per heavy atom. The number of nitrogens with zero attached hydrogens (tertiary/aromatic N) is 4. The number of fused-ring (bicyclic) bond motifs is 1. The van der Waals surface area contributed by atoms with Gasteiger partial charge in [-0.25, -0.2) is 0 Å². The van der Waals surface area contributed by atoms with Gasteiger partial charge >= 0.3 is 0 Å². The first-order chi connectivity index (χ1) is 14.3. The molecule has 0 bridgehead atoms. The van der Waals surface area contributed by atoms with Gasteiger partial charge in [0, 0.05) is 25.8 Å². The van der Waals surface area contributed by atoms with Gasteiger partial charge in [0.25, 0.3) is 17.3 Å². The molecular weight excluding hydrogens is 416 g/mol. The van der Waals surface area contributed by atoms with E-state index in [-0.39, 0.29) is 5.56 Å². The number of ether oxygens (including phenoxy) is 2. The van der Waals surface area contributed by atoms with Crippen LogP contribution in [0.15, 0.2) is 41.4 Å². The Kier molecular flexibility index (Phi) is 6.18. The first-order valence-electron chi connectivity index (χ1n) is 8.54. The van der Waals surface area contributed by atoms with Gasteiger partial charge in [-0.2, -0.15) is 4.99 Å². The fraction of sp³-hybridized carbons (Fsp3) is 0.222. The molecule has 0 radical (unpaired) electrons. The molecule has 0 saturated carbocycles. The SMILES string of the molecule is COCCn1c(=NC(=O)c2cc([N+](=O)[O-])cc([N+](=O)[O-])c2)sc2cccc(OC)c21. The number of para-hydroxylation sites is 1. The lowest BCUT2D eigenvalue weighted by atomic mass is 10.1. The number of amides is 1. The minimum Gasteiger partial charge on any atom is -0.495 e. The third kappa shape index (κ3) is 4.18. The van der Waals surface area contributed by atoms with Gasteiger partial charge in [-0.15, -0.1) is 0 Å². The maximum Gasteiger partial charge on any atom is 0.280 e. The van der Waals surface area contributed by atoms with Crippen LogP contribution >= 0.6 is 11.3 Å². The highest BCUT2D eigenvalue weighted by molar-refractivity contribution is 7.16. The number of non-ortho nitro benzene ring substituents is 2. The molecule has 1 heterocycles. The van der Waals surface area contributed by atoms with E-state index in [9.17, 15) is 25.0 Å². The summed E-state index contributed by atoms with van der Waals surface area (Å²) in [6.45, 7) is 0.714. The average molecular weight is 432 g/mol. The van der Waals surface area contributed by atoms with Crippen LogP contribution in [0.2, 0.25) is 0 Å². The van der Waals surface area contributed by atoms with Crippen LogP contribution in [0.5, 0.6) is 5.75 Å². The van der Waals surface area contributed by atoms with Crippen molar-refractivity contribution in [1.29, 1.82) is 0 Å². The van der Waals surface area contributed by atoms with Gasteiger partial charge in [0.2, 0.25) is 0 Å². The molecule has 11 nitrogen and oxygen atoms in total. The number of carbonyl (C=O) groups excluding carboxylic acids is 1. The van der Waals surface area contributed by atoms with E-state index < -0.39 is 27.1 Å². The molecule has 156 valence electrons. The fourth-order valence-corrected chi connectivity index (χ4v) is 3.89. The number of methoxy groups -OCH3 is 2. The Hall–Kier alpha value is -3.64. The van der Waals surface area contributed by atoms with E-state index in [2.05, 4.69) is 4.99 Å². The Balaban J connectivity index is 2.18. The minimum absolute atomic E-state index is 0.251. The van der Waals surface area contributed by atoms with Gasteiger partial charge in [-0.3, -0.25) is 25.0 Å². The highest BCUT2D eigenvalue weighted by Crippen LogP contribution is 2.27. The lowest BCUT2D eigenvalue weighted by Gasteiger charge is -2.07. The van der Waals surface area contributed by atoms with Crippen molar-refractivity contribution in [3.63, 3.8) is 0 Å². The topological polar surface area (TPSA) is 139 Å². The molecule has 12 heteroatoms. The van der Waals surface area contributed by atoms with Crippen LogP contribution in [0.3, 0.4) is 0 Å². The Morgan fingerprint density at radius 1 is 1.13 bits per heavy atom. The summed E-state index contributed by atoms with van der Waals surface area (Å²) >= 11 is 1.22. The molecule has 0 atom stereocenters. The Labute approximate surface area is 173 Å². The van der Waals surface area contributed by atoms with Gasteiger partial charge in [0.05, 0.1) is 39.9 Å². The zero-order valence-electron chi connectivity index (χ0n) is 15.9. The summed E-state index contributed by atoms with van der Waals surface area (Å²) in [5.41, 5.74) is -0.654. The van der Waals surface area contributed by atoms with Crippen LogP contribution in [0.1, 0.15) is 10.4 Å². The smallest absolute Gasteiger partial charge is 0.280 e. The monoisotopic (exact) mass is 432 g/mol. The van der Waals surface area contributed by atoms with Crippen molar-refractivity contribution in [3.05, 3.63) is 67.0 Å². The second-order valence-electron chi connectivity index (χ2n) is 6.01. The summed E-state index contributed by atoms with van der Waals surface area (Å²) in [5, 5.41) is 22.2. The van der Waals surface area contributed by atoms with E-state index in [1.807, 2.05) is 6.07 Å². The molecule has 0 fully saturated rings. The van der Waals surface area contributed by atoms with Gasteiger partial charge in [0.15, 0.2) is 4.80 Å². The maximum absolute atomic E-state index is 12.7. The van der Waals surface area contributed by atoms with Crippen molar-refractivity contribution in [2.45, 2.75) is 6.54 Å². The largest absolute Gasteiger partial charge is 0.495 e. The van der Waals surface area contributed by atoms with Crippen molar-refractivity contribution in [1.82, 2.24) is 4.57 Å². The number of thiazole rings is 1. The second kappa shape index (κ2) is 8.80. The van der Waals surface area contributed by atoms with Crippen LogP contribution < -0.4 is 9.54 Å². The molecule has 3 aromatic rings. The molecule has 0 aliphatic carbocycles. The zero-order chi connectivity index (χ0) is 21.8. The molecule has 0 unspecified atom stereocenters. The van der Waals surface area contributed by atoms with Crippen LogP contribution in [-0.2, 0) is 11.3 Å². The standard InChI is InChI=1S/C18H16N4O7S/c1-28-7-6-20-16-14(29-2)4-3-5-15(16)30-18(20)19-17(23)11-8-12(21(24)25)10-13(9-11)22(26)27/h3-5,8-10H,6-7H2,1-2H3. The molecule has 0 saturated heterocycles. The molecule has 1 aromatic heterocycles. The van der Waals surface area contributed by atoms with Crippen molar-refractivity contribution in [2.75, 3.05) is 20.8 Å². The molecule has 0 N–H and O–H groups in total. The summed E-state index contributed by atoms with van der Waals surface area (Å²) in [6.07, 6.45) is 0. The van der Waals surface area contributed by atoms with Gasteiger partial charge < -0.3 is 14.0 Å². The minimum atomic E-state index is -0.835. The molecule has 1 amide bonds. The van der Waals surface area contributed by atoms with Crippen LogP contribution in [-0.4, -0.2) is 41.1 Å². The summed E-state index contributed by atoms with van der Waals surface area (Å²) < 4.78 is 13.1. The van der Waals surface area contributed by atoms with E-state index in [1.165, 1.54) is 25.6 Å². The van der Waals surface area contributed by atoms with E-state index in [0.29, 0.717) is 23.7 Å². The first-order valence-corrected chi connectivity index (χ1v) is 9.35. The molecule has 0 aliphatic rings. The van der Waals surface area contributed by atoms with E-state index >= 15 is 0 Å². The summed E-state index contributed by atoms with van der Waals surface area (Å²) in [6, 6.07) is 8.13. The van der Waals surface area contributed by atoms with E-state index in [0.717, 1.165) is 28.4 Å². The highest BCUT2D eigenvalue weighted by atomic mass is 32.1. The maximum atomic E-state index is 12.7. The third-order valence-electron chi connectivity index (χ3n) is 4.17. The van der Waals surface area contributed by atoms with E-state index in [1.54, 1.807) is 16.7 Å². The average Bonchev–Trinajstić information content (AvgIpc) is 3.08. The highest BCUT2D eigenvalue weighted by Gasteiger charge is 2.20. The molecule has 3 rings (SSSR count). The van der Waals surface area contributed by atoms with Crippen molar-refractivity contribution < 1.29 is 24.1 Å². The zero-order valence-corrected chi connectivity index (χ0v) is 16.7. The van der Waals surface area contributed by atoms with E-state index in [4.69, 9.17) is 9.47 Å². The lowest BCUT2D eigenvalue weighted by Crippen LogP contribution is -2.19. The van der Waals surface area contributed by atoms with Crippen molar-refractivity contribution in [3.8, 4) is 5.75 Å². The predicted molar refractivity (Wildman–Crippen MR) is 108 cm³/mol. The van der Waals surface area contributed by atoms with Crippen LogP contribution in [0, 0.1) is 20.2 Å². The molecule has 0 aliphatic heterocycles. The van der Waals surface area contributed by atoms with Gasteiger partial charge in [-0.1, -0.05) is 17.4 Å². The summed E-state index contributed by atoms with van der Waals surface area (Å²) in [5.74, 6) is -0.252. The number of carbonyl (C=O) groups is 1. The number of rotatable bonds is 7. The lowest BCUT2D eigenvalue weighted by molar-refractivity contribution is -0.394.